The number of halogens is 1. The standard InChI is InChI=1S/C21H25BrN2O3S/c1-27-19-7-6-17(22)12-16(19)14-28-20-5-3-2-4-15(20)13-23-18-8-10-24(11-9-18)21(25)26/h2-7,12,18,23H,8-11,13-14H2,1H3,(H,25,26). The van der Waals surface area contributed by atoms with Crippen molar-refractivity contribution in [2.45, 2.75) is 36.1 Å². The molecule has 2 N–H and O–H groups in total. The second-order valence-electron chi connectivity index (χ2n) is 6.78. The van der Waals surface area contributed by atoms with E-state index in [4.69, 9.17) is 9.84 Å². The van der Waals surface area contributed by atoms with E-state index in [1.165, 1.54) is 15.4 Å². The topological polar surface area (TPSA) is 61.8 Å². The number of nitrogens with zero attached hydrogens (tertiary/aromatic N) is 1. The largest absolute Gasteiger partial charge is 0.496 e. The van der Waals surface area contributed by atoms with E-state index in [-0.39, 0.29) is 0 Å². The molecule has 1 fully saturated rings. The number of hydrogen-bond donors (Lipinski definition) is 2. The van der Waals surface area contributed by atoms with Crippen LogP contribution in [0.1, 0.15) is 24.0 Å². The fourth-order valence-corrected chi connectivity index (χ4v) is 4.78. The molecule has 0 unspecified atom stereocenters. The molecular weight excluding hydrogens is 440 g/mol. The van der Waals surface area contributed by atoms with E-state index < -0.39 is 6.09 Å². The van der Waals surface area contributed by atoms with Gasteiger partial charge in [0, 0.05) is 46.4 Å². The minimum atomic E-state index is -0.817. The average molecular weight is 465 g/mol. The number of likely N-dealkylation sites (tertiary alicyclic amines) is 1. The van der Waals surface area contributed by atoms with E-state index in [1.54, 1.807) is 18.9 Å². The van der Waals surface area contributed by atoms with Crippen LogP contribution in [-0.2, 0) is 12.3 Å². The molecule has 0 radical (unpaired) electrons. The second-order valence-corrected chi connectivity index (χ2v) is 8.71. The summed E-state index contributed by atoms with van der Waals surface area (Å²) in [5, 5.41) is 12.7. The maximum Gasteiger partial charge on any atom is 0.407 e. The number of piperidine rings is 1. The Hall–Kier alpha value is -1.70. The Morgan fingerprint density at radius 1 is 1.25 bits per heavy atom. The van der Waals surface area contributed by atoms with Crippen LogP contribution in [0.5, 0.6) is 5.75 Å². The third-order valence-electron chi connectivity index (χ3n) is 4.94. The first-order valence-corrected chi connectivity index (χ1v) is 11.1. The van der Waals surface area contributed by atoms with Crippen LogP contribution >= 0.6 is 27.7 Å². The molecule has 7 heteroatoms. The van der Waals surface area contributed by atoms with E-state index in [9.17, 15) is 4.79 Å². The van der Waals surface area contributed by atoms with Gasteiger partial charge in [-0.3, -0.25) is 0 Å². The van der Waals surface area contributed by atoms with Crippen LogP contribution in [0, 0.1) is 0 Å². The highest BCUT2D eigenvalue weighted by molar-refractivity contribution is 9.10. The molecule has 5 nitrogen and oxygen atoms in total. The number of methoxy groups -OCH3 is 1. The van der Waals surface area contributed by atoms with Crippen LogP contribution in [0.25, 0.3) is 0 Å². The molecular formula is C21H25BrN2O3S. The number of thioether (sulfide) groups is 1. The lowest BCUT2D eigenvalue weighted by molar-refractivity contribution is 0.129. The number of hydrogen-bond acceptors (Lipinski definition) is 4. The molecule has 2 aromatic carbocycles. The lowest BCUT2D eigenvalue weighted by Crippen LogP contribution is -2.44. The predicted molar refractivity (Wildman–Crippen MR) is 116 cm³/mol. The minimum Gasteiger partial charge on any atom is -0.496 e. The van der Waals surface area contributed by atoms with Gasteiger partial charge >= 0.3 is 6.09 Å². The molecule has 2 aromatic rings. The van der Waals surface area contributed by atoms with Crippen molar-refractivity contribution in [1.82, 2.24) is 10.2 Å². The van der Waals surface area contributed by atoms with E-state index in [0.29, 0.717) is 19.1 Å². The van der Waals surface area contributed by atoms with E-state index in [1.807, 2.05) is 12.1 Å². The van der Waals surface area contributed by atoms with Crippen LogP contribution in [-0.4, -0.2) is 42.3 Å². The molecule has 0 bridgehead atoms. The van der Waals surface area contributed by atoms with Crippen LogP contribution < -0.4 is 10.1 Å². The Morgan fingerprint density at radius 3 is 2.71 bits per heavy atom. The average Bonchev–Trinajstić information content (AvgIpc) is 2.71. The van der Waals surface area contributed by atoms with E-state index in [0.717, 1.165) is 40.9 Å². The molecule has 1 amide bonds. The summed E-state index contributed by atoms with van der Waals surface area (Å²) >= 11 is 5.34. The van der Waals surface area contributed by atoms with Gasteiger partial charge in [-0.2, -0.15) is 0 Å². The summed E-state index contributed by atoms with van der Waals surface area (Å²) in [6, 6.07) is 14.9. The summed E-state index contributed by atoms with van der Waals surface area (Å²) in [5.41, 5.74) is 2.42. The molecule has 0 aromatic heterocycles. The van der Waals surface area contributed by atoms with Crippen molar-refractivity contribution in [1.29, 1.82) is 0 Å². The zero-order valence-corrected chi connectivity index (χ0v) is 18.3. The Bertz CT molecular complexity index is 810. The number of amides is 1. The van der Waals surface area contributed by atoms with Crippen molar-refractivity contribution in [2.75, 3.05) is 20.2 Å². The molecule has 1 aliphatic rings. The zero-order chi connectivity index (χ0) is 19.9. The summed E-state index contributed by atoms with van der Waals surface area (Å²) in [6.45, 7) is 1.99. The lowest BCUT2D eigenvalue weighted by atomic mass is 10.0. The van der Waals surface area contributed by atoms with Crippen molar-refractivity contribution < 1.29 is 14.6 Å². The van der Waals surface area contributed by atoms with Gasteiger partial charge in [0.15, 0.2) is 0 Å². The first kappa shape index (κ1) is 21.0. The third kappa shape index (κ3) is 5.65. The molecule has 0 aliphatic carbocycles. The van der Waals surface area contributed by atoms with Crippen molar-refractivity contribution in [2.24, 2.45) is 0 Å². The Balaban J connectivity index is 1.58. The van der Waals surface area contributed by atoms with E-state index in [2.05, 4.69) is 51.6 Å². The van der Waals surface area contributed by atoms with Gasteiger partial charge in [-0.1, -0.05) is 34.1 Å². The van der Waals surface area contributed by atoms with Gasteiger partial charge in [0.25, 0.3) is 0 Å². The Labute approximate surface area is 178 Å². The van der Waals surface area contributed by atoms with Crippen LogP contribution in [0.4, 0.5) is 4.79 Å². The minimum absolute atomic E-state index is 0.360. The molecule has 1 saturated heterocycles. The molecule has 3 rings (SSSR count). The molecule has 1 heterocycles. The zero-order valence-electron chi connectivity index (χ0n) is 15.9. The fraction of sp³-hybridized carbons (Fsp3) is 0.381. The van der Waals surface area contributed by atoms with Gasteiger partial charge in [-0.05, 0) is 42.7 Å². The lowest BCUT2D eigenvalue weighted by Gasteiger charge is -2.30. The normalized spacial score (nSPS) is 14.9. The molecule has 0 atom stereocenters. The Kier molecular flexibility index (Phi) is 7.65. The first-order valence-electron chi connectivity index (χ1n) is 9.31. The number of carboxylic acid groups (broad SMARTS) is 1. The second kappa shape index (κ2) is 10.2. The van der Waals surface area contributed by atoms with E-state index >= 15 is 0 Å². The quantitative estimate of drug-likeness (QED) is 0.565. The molecule has 0 saturated carbocycles. The highest BCUT2D eigenvalue weighted by Crippen LogP contribution is 2.32. The molecule has 28 heavy (non-hydrogen) atoms. The van der Waals surface area contributed by atoms with Crippen molar-refractivity contribution in [3.8, 4) is 5.75 Å². The van der Waals surface area contributed by atoms with Crippen molar-refractivity contribution in [3.05, 3.63) is 58.1 Å². The van der Waals surface area contributed by atoms with Gasteiger partial charge in [0.1, 0.15) is 5.75 Å². The number of rotatable bonds is 7. The van der Waals surface area contributed by atoms with Gasteiger partial charge in [0.2, 0.25) is 0 Å². The number of ether oxygens (including phenoxy) is 1. The van der Waals surface area contributed by atoms with Crippen molar-refractivity contribution in [3.63, 3.8) is 0 Å². The monoisotopic (exact) mass is 464 g/mol. The third-order valence-corrected chi connectivity index (χ3v) is 6.60. The van der Waals surface area contributed by atoms with Gasteiger partial charge in [0.05, 0.1) is 7.11 Å². The highest BCUT2D eigenvalue weighted by Gasteiger charge is 2.21. The van der Waals surface area contributed by atoms with Crippen LogP contribution in [0.2, 0.25) is 0 Å². The number of carbonyl (C=O) groups is 1. The molecule has 0 spiro atoms. The van der Waals surface area contributed by atoms with Gasteiger partial charge in [-0.15, -0.1) is 11.8 Å². The number of benzene rings is 2. The summed E-state index contributed by atoms with van der Waals surface area (Å²) in [6.07, 6.45) is 0.899. The maximum absolute atomic E-state index is 11.0. The smallest absolute Gasteiger partial charge is 0.407 e. The van der Waals surface area contributed by atoms with Gasteiger partial charge < -0.3 is 20.1 Å². The first-order chi connectivity index (χ1) is 13.6. The maximum atomic E-state index is 11.0. The van der Waals surface area contributed by atoms with Crippen LogP contribution in [0.3, 0.4) is 0 Å². The Morgan fingerprint density at radius 2 is 2.00 bits per heavy atom. The van der Waals surface area contributed by atoms with Gasteiger partial charge in [-0.25, -0.2) is 4.79 Å². The summed E-state index contributed by atoms with van der Waals surface area (Å²) in [4.78, 5) is 13.8. The molecule has 150 valence electrons. The fourth-order valence-electron chi connectivity index (χ4n) is 3.34. The number of nitrogens with one attached hydrogen (secondary N) is 1. The molecule has 1 aliphatic heterocycles. The highest BCUT2D eigenvalue weighted by atomic mass is 79.9. The summed E-state index contributed by atoms with van der Waals surface area (Å²) in [5.74, 6) is 1.73. The van der Waals surface area contributed by atoms with Crippen molar-refractivity contribution >= 4 is 33.8 Å². The van der Waals surface area contributed by atoms with Crippen LogP contribution in [0.15, 0.2) is 51.8 Å². The summed E-state index contributed by atoms with van der Waals surface area (Å²) in [7, 11) is 1.70. The predicted octanol–water partition coefficient (Wildman–Crippen LogP) is 4.98. The SMILES string of the molecule is COc1ccc(Br)cc1CSc1ccccc1CNC1CCN(C(=O)O)CC1. The summed E-state index contributed by atoms with van der Waals surface area (Å²) < 4.78 is 6.53.